The fraction of sp³-hybridized carbons (Fsp3) is 0.556. The summed E-state index contributed by atoms with van der Waals surface area (Å²) in [6, 6.07) is 5.95. The number of nitrogens with one attached hydrogen (secondary N) is 2. The van der Waals surface area contributed by atoms with Crippen LogP contribution in [0.5, 0.6) is 0 Å². The molecule has 2 amide bonds. The van der Waals surface area contributed by atoms with Crippen LogP contribution in [0.4, 0.5) is 5.69 Å². The maximum atomic E-state index is 12.1. The van der Waals surface area contributed by atoms with Crippen LogP contribution < -0.4 is 16.4 Å². The van der Waals surface area contributed by atoms with Crippen LogP contribution >= 0.6 is 12.4 Å². The molecule has 0 saturated carbocycles. The van der Waals surface area contributed by atoms with Crippen molar-refractivity contribution >= 4 is 29.9 Å². The minimum Gasteiger partial charge on any atom is -0.399 e. The summed E-state index contributed by atoms with van der Waals surface area (Å²) in [4.78, 5) is 23.7. The number of anilines is 1. The Morgan fingerprint density at radius 3 is 2.75 bits per heavy atom. The highest BCUT2D eigenvalue weighted by Gasteiger charge is 2.21. The quantitative estimate of drug-likeness (QED) is 0.687. The van der Waals surface area contributed by atoms with Gasteiger partial charge in [0.15, 0.2) is 0 Å². The van der Waals surface area contributed by atoms with Gasteiger partial charge in [-0.1, -0.05) is 19.9 Å². The Balaban J connectivity index is 0.00000288. The maximum absolute atomic E-state index is 12.1. The van der Waals surface area contributed by atoms with Crippen molar-refractivity contribution in [3.8, 4) is 0 Å². The van der Waals surface area contributed by atoms with Crippen LogP contribution in [0.25, 0.3) is 0 Å². The van der Waals surface area contributed by atoms with E-state index in [9.17, 15) is 9.59 Å². The highest BCUT2D eigenvalue weighted by Crippen LogP contribution is 2.30. The molecule has 0 heterocycles. The number of hydrogen-bond donors (Lipinski definition) is 3. The lowest BCUT2D eigenvalue weighted by Crippen LogP contribution is -2.34. The van der Waals surface area contributed by atoms with Crippen LogP contribution in [-0.4, -0.2) is 18.4 Å². The predicted octanol–water partition coefficient (Wildman–Crippen LogP) is 2.74. The van der Waals surface area contributed by atoms with Gasteiger partial charge in [-0.15, -0.1) is 12.4 Å². The lowest BCUT2D eigenvalue weighted by Gasteiger charge is -2.26. The molecule has 24 heavy (non-hydrogen) atoms. The zero-order chi connectivity index (χ0) is 16.8. The summed E-state index contributed by atoms with van der Waals surface area (Å²) in [6.45, 7) is 4.39. The molecule has 5 nitrogen and oxygen atoms in total. The molecule has 0 spiro atoms. The summed E-state index contributed by atoms with van der Waals surface area (Å²) >= 11 is 0. The highest BCUT2D eigenvalue weighted by molar-refractivity contribution is 5.85. The summed E-state index contributed by atoms with van der Waals surface area (Å²) in [5.74, 6) is 0.311. The van der Waals surface area contributed by atoms with Crippen molar-refractivity contribution in [2.24, 2.45) is 5.92 Å². The maximum Gasteiger partial charge on any atom is 0.222 e. The smallest absolute Gasteiger partial charge is 0.222 e. The van der Waals surface area contributed by atoms with E-state index in [1.807, 2.05) is 32.0 Å². The van der Waals surface area contributed by atoms with E-state index in [4.69, 9.17) is 5.73 Å². The summed E-state index contributed by atoms with van der Waals surface area (Å²) in [5.41, 5.74) is 8.99. The number of benzene rings is 1. The van der Waals surface area contributed by atoms with E-state index >= 15 is 0 Å². The number of nitrogens with two attached hydrogens (primary N) is 1. The van der Waals surface area contributed by atoms with Crippen molar-refractivity contribution in [2.45, 2.75) is 52.0 Å². The normalized spacial score (nSPS) is 16.0. The van der Waals surface area contributed by atoms with Gasteiger partial charge >= 0.3 is 0 Å². The van der Waals surface area contributed by atoms with Gasteiger partial charge in [0.05, 0.1) is 6.04 Å². The van der Waals surface area contributed by atoms with Gasteiger partial charge in [0.2, 0.25) is 11.8 Å². The van der Waals surface area contributed by atoms with Crippen LogP contribution in [0.3, 0.4) is 0 Å². The number of halogens is 1. The average molecular weight is 354 g/mol. The summed E-state index contributed by atoms with van der Waals surface area (Å²) < 4.78 is 0. The molecule has 6 heteroatoms. The largest absolute Gasteiger partial charge is 0.399 e. The molecule has 134 valence electrons. The first kappa shape index (κ1) is 20.3. The molecule has 4 N–H and O–H groups in total. The van der Waals surface area contributed by atoms with Gasteiger partial charge in [0, 0.05) is 25.1 Å². The Bertz CT molecular complexity index is 575. The number of aryl methyl sites for hydroxylation is 1. The van der Waals surface area contributed by atoms with Gasteiger partial charge < -0.3 is 16.4 Å². The van der Waals surface area contributed by atoms with Gasteiger partial charge in [-0.2, -0.15) is 0 Å². The number of carbonyl (C=O) groups is 2. The topological polar surface area (TPSA) is 84.2 Å². The summed E-state index contributed by atoms with van der Waals surface area (Å²) in [6.07, 6.45) is 3.82. The SMILES string of the molecule is CC(C)CC(=O)NCCC(=O)NC1CCCc2cc(N)ccc21.Cl. The highest BCUT2D eigenvalue weighted by atomic mass is 35.5. The summed E-state index contributed by atoms with van der Waals surface area (Å²) in [5, 5.41) is 5.87. The van der Waals surface area contributed by atoms with Crippen molar-refractivity contribution in [1.82, 2.24) is 10.6 Å². The standard InChI is InChI=1S/C18H27N3O2.ClH/c1-12(2)10-18(23)20-9-8-17(22)21-16-5-3-4-13-11-14(19)6-7-15(13)16;/h6-7,11-12,16H,3-5,8-10,19H2,1-2H3,(H,20,23)(H,21,22);1H. The van der Waals surface area contributed by atoms with Crippen molar-refractivity contribution in [3.05, 3.63) is 29.3 Å². The minimum absolute atomic E-state index is 0. The number of amides is 2. The zero-order valence-electron chi connectivity index (χ0n) is 14.4. The number of hydrogen-bond acceptors (Lipinski definition) is 3. The number of carbonyl (C=O) groups excluding carboxylic acids is 2. The first-order chi connectivity index (χ1) is 11.0. The van der Waals surface area contributed by atoms with Crippen molar-refractivity contribution < 1.29 is 9.59 Å². The first-order valence-electron chi connectivity index (χ1n) is 8.40. The molecule has 0 aromatic heterocycles. The molecule has 1 unspecified atom stereocenters. The molecule has 1 aliphatic carbocycles. The second-order valence-corrected chi connectivity index (χ2v) is 6.67. The monoisotopic (exact) mass is 353 g/mol. The Kier molecular flexibility index (Phi) is 8.05. The third-order valence-corrected chi connectivity index (χ3v) is 4.08. The van der Waals surface area contributed by atoms with E-state index in [1.165, 1.54) is 11.1 Å². The third-order valence-electron chi connectivity index (χ3n) is 4.08. The Morgan fingerprint density at radius 1 is 1.29 bits per heavy atom. The lowest BCUT2D eigenvalue weighted by molar-refractivity contribution is -0.123. The van der Waals surface area contributed by atoms with Gasteiger partial charge in [-0.25, -0.2) is 0 Å². The van der Waals surface area contributed by atoms with Crippen LogP contribution in [0.2, 0.25) is 0 Å². The van der Waals surface area contributed by atoms with Crippen LogP contribution in [0, 0.1) is 5.92 Å². The van der Waals surface area contributed by atoms with Gasteiger partial charge in [0.1, 0.15) is 0 Å². The van der Waals surface area contributed by atoms with E-state index in [-0.39, 0.29) is 30.3 Å². The van der Waals surface area contributed by atoms with E-state index in [0.29, 0.717) is 25.3 Å². The van der Waals surface area contributed by atoms with Crippen molar-refractivity contribution in [2.75, 3.05) is 12.3 Å². The van der Waals surface area contributed by atoms with Gasteiger partial charge in [-0.3, -0.25) is 9.59 Å². The third kappa shape index (κ3) is 6.04. The molecule has 0 fully saturated rings. The van der Waals surface area contributed by atoms with Crippen molar-refractivity contribution in [3.63, 3.8) is 0 Å². The predicted molar refractivity (Wildman–Crippen MR) is 99.0 cm³/mol. The Hall–Kier alpha value is -1.75. The average Bonchev–Trinajstić information content (AvgIpc) is 2.46. The number of nitrogen functional groups attached to an aromatic ring is 1. The molecule has 0 saturated heterocycles. The fourth-order valence-electron chi connectivity index (χ4n) is 3.01. The van der Waals surface area contributed by atoms with Crippen LogP contribution in [-0.2, 0) is 16.0 Å². The number of fused-ring (bicyclic) bond motifs is 1. The Morgan fingerprint density at radius 2 is 2.04 bits per heavy atom. The molecule has 1 atom stereocenters. The van der Waals surface area contributed by atoms with E-state index in [2.05, 4.69) is 10.6 Å². The van der Waals surface area contributed by atoms with E-state index < -0.39 is 0 Å². The zero-order valence-corrected chi connectivity index (χ0v) is 15.2. The summed E-state index contributed by atoms with van der Waals surface area (Å²) in [7, 11) is 0. The molecule has 0 aliphatic heterocycles. The fourth-order valence-corrected chi connectivity index (χ4v) is 3.01. The Labute approximate surface area is 150 Å². The number of rotatable bonds is 6. The molecule has 1 aliphatic rings. The van der Waals surface area contributed by atoms with E-state index in [0.717, 1.165) is 24.9 Å². The van der Waals surface area contributed by atoms with E-state index in [1.54, 1.807) is 0 Å². The molecular weight excluding hydrogens is 326 g/mol. The molecule has 0 bridgehead atoms. The second kappa shape index (κ2) is 9.52. The lowest BCUT2D eigenvalue weighted by atomic mass is 9.87. The second-order valence-electron chi connectivity index (χ2n) is 6.67. The first-order valence-corrected chi connectivity index (χ1v) is 8.40. The minimum atomic E-state index is -0.0236. The van der Waals surface area contributed by atoms with Gasteiger partial charge in [-0.05, 0) is 48.4 Å². The molecule has 1 aromatic rings. The molecule has 0 radical (unpaired) electrons. The molecule has 1 aromatic carbocycles. The molecular formula is C18H28ClN3O2. The molecule has 2 rings (SSSR count). The van der Waals surface area contributed by atoms with Crippen molar-refractivity contribution in [1.29, 1.82) is 0 Å². The van der Waals surface area contributed by atoms with Crippen LogP contribution in [0.1, 0.15) is 56.7 Å². The van der Waals surface area contributed by atoms with Crippen LogP contribution in [0.15, 0.2) is 18.2 Å². The van der Waals surface area contributed by atoms with Gasteiger partial charge in [0.25, 0.3) is 0 Å².